The summed E-state index contributed by atoms with van der Waals surface area (Å²) < 4.78 is 28.3. The Hall–Kier alpha value is -2.38. The fraction of sp³-hybridized carbons (Fsp3) is 0.500. The largest absolute Gasteiger partial charge is 0.354 e. The molecule has 180 valence electrons. The number of nitrogens with one attached hydrogen (secondary N) is 1. The summed E-state index contributed by atoms with van der Waals surface area (Å²) in [5.74, 6) is -0.289. The zero-order valence-electron chi connectivity index (χ0n) is 20.1. The van der Waals surface area contributed by atoms with Crippen molar-refractivity contribution in [2.24, 2.45) is 0 Å². The topological polar surface area (TPSA) is 69.7 Å². The number of likely N-dealkylation sites (tertiary alicyclic amines) is 1. The summed E-state index contributed by atoms with van der Waals surface area (Å²) in [7, 11) is -3.89. The number of hydrogen-bond donors (Lipinski definition) is 1. The van der Waals surface area contributed by atoms with Gasteiger partial charge in [-0.3, -0.25) is 9.10 Å². The Morgan fingerprint density at radius 2 is 1.58 bits per heavy atom. The lowest BCUT2D eigenvalue weighted by atomic mass is 10.1. The first-order valence-electron chi connectivity index (χ1n) is 11.9. The van der Waals surface area contributed by atoms with Gasteiger partial charge >= 0.3 is 0 Å². The Labute approximate surface area is 199 Å². The highest BCUT2D eigenvalue weighted by Crippen LogP contribution is 2.28. The molecule has 0 aromatic heterocycles. The van der Waals surface area contributed by atoms with E-state index in [0.717, 1.165) is 42.7 Å². The summed E-state index contributed by atoms with van der Waals surface area (Å²) in [4.78, 5) is 15.5. The zero-order valence-corrected chi connectivity index (χ0v) is 21.0. The molecule has 6 nitrogen and oxygen atoms in total. The maximum atomic E-state index is 13.6. The van der Waals surface area contributed by atoms with Crippen molar-refractivity contribution in [1.29, 1.82) is 0 Å². The smallest absolute Gasteiger partial charge is 0.264 e. The quantitative estimate of drug-likeness (QED) is 0.557. The number of hydrogen-bond acceptors (Lipinski definition) is 4. The van der Waals surface area contributed by atoms with Crippen LogP contribution in [0.15, 0.2) is 47.4 Å². The highest BCUT2D eigenvalue weighted by Gasteiger charge is 2.28. The molecule has 0 atom stereocenters. The zero-order chi connectivity index (χ0) is 23.8. The predicted molar refractivity (Wildman–Crippen MR) is 134 cm³/mol. The number of anilines is 1. The molecule has 2 aromatic rings. The maximum absolute atomic E-state index is 13.6. The van der Waals surface area contributed by atoms with Gasteiger partial charge in [0, 0.05) is 6.54 Å². The van der Waals surface area contributed by atoms with Crippen molar-refractivity contribution < 1.29 is 13.2 Å². The molecule has 1 amide bonds. The third kappa shape index (κ3) is 7.05. The van der Waals surface area contributed by atoms with E-state index in [2.05, 4.69) is 10.2 Å². The van der Waals surface area contributed by atoms with Crippen molar-refractivity contribution >= 4 is 21.6 Å². The molecule has 0 saturated carbocycles. The first-order chi connectivity index (χ1) is 15.8. The average molecular weight is 472 g/mol. The Bertz CT molecular complexity index is 1030. The van der Waals surface area contributed by atoms with Gasteiger partial charge in [0.05, 0.1) is 10.6 Å². The summed E-state index contributed by atoms with van der Waals surface area (Å²) in [6.45, 7) is 9.21. The lowest BCUT2D eigenvalue weighted by Gasteiger charge is -2.26. The van der Waals surface area contributed by atoms with Crippen LogP contribution in [0.25, 0.3) is 0 Å². The fourth-order valence-electron chi connectivity index (χ4n) is 4.20. The Balaban J connectivity index is 1.71. The minimum atomic E-state index is -3.89. The number of amides is 1. The van der Waals surface area contributed by atoms with Gasteiger partial charge in [0.1, 0.15) is 6.54 Å². The summed E-state index contributed by atoms with van der Waals surface area (Å²) in [6, 6.07) is 12.4. The van der Waals surface area contributed by atoms with E-state index in [1.807, 2.05) is 39.0 Å². The monoisotopic (exact) mass is 471 g/mol. The highest BCUT2D eigenvalue weighted by atomic mass is 32.2. The number of benzene rings is 2. The van der Waals surface area contributed by atoms with Crippen LogP contribution >= 0.6 is 0 Å². The third-order valence-corrected chi connectivity index (χ3v) is 7.98. The number of nitrogens with zero attached hydrogens (tertiary/aromatic N) is 2. The Morgan fingerprint density at radius 1 is 0.939 bits per heavy atom. The molecule has 0 radical (unpaired) electrons. The van der Waals surface area contributed by atoms with E-state index < -0.39 is 10.0 Å². The molecule has 0 spiro atoms. The van der Waals surface area contributed by atoms with Gasteiger partial charge < -0.3 is 10.2 Å². The number of aryl methyl sites for hydroxylation is 3. The van der Waals surface area contributed by atoms with Gasteiger partial charge in [-0.2, -0.15) is 0 Å². The van der Waals surface area contributed by atoms with Crippen molar-refractivity contribution in [2.45, 2.75) is 57.8 Å². The average Bonchev–Trinajstić information content (AvgIpc) is 3.06. The van der Waals surface area contributed by atoms with Gasteiger partial charge in [0.25, 0.3) is 10.0 Å². The molecule has 33 heavy (non-hydrogen) atoms. The number of carbonyl (C=O) groups is 1. The van der Waals surface area contributed by atoms with Crippen LogP contribution in [0.3, 0.4) is 0 Å². The molecule has 7 heteroatoms. The van der Waals surface area contributed by atoms with E-state index in [0.29, 0.717) is 12.2 Å². The van der Waals surface area contributed by atoms with Crippen molar-refractivity contribution in [1.82, 2.24) is 10.2 Å². The lowest BCUT2D eigenvalue weighted by Crippen LogP contribution is -2.42. The lowest BCUT2D eigenvalue weighted by molar-refractivity contribution is -0.119. The SMILES string of the molecule is Cc1ccc(S(=O)(=O)N(CC(=O)NCCCN2CCCCCC2)c2cc(C)ccc2C)cc1. The minimum absolute atomic E-state index is 0.183. The van der Waals surface area contributed by atoms with E-state index in [9.17, 15) is 13.2 Å². The Morgan fingerprint density at radius 3 is 2.24 bits per heavy atom. The van der Waals surface area contributed by atoms with E-state index in [4.69, 9.17) is 0 Å². The Kier molecular flexibility index (Phi) is 8.92. The first kappa shape index (κ1) is 25.2. The van der Waals surface area contributed by atoms with Crippen LogP contribution in [0.4, 0.5) is 5.69 Å². The summed E-state index contributed by atoms with van der Waals surface area (Å²) in [6.07, 6.45) is 5.95. The number of rotatable bonds is 9. The molecular weight excluding hydrogens is 434 g/mol. The normalized spacial score (nSPS) is 15.1. The molecule has 3 rings (SSSR count). The van der Waals surface area contributed by atoms with Crippen LogP contribution < -0.4 is 9.62 Å². The predicted octanol–water partition coefficient (Wildman–Crippen LogP) is 4.19. The van der Waals surface area contributed by atoms with Crippen molar-refractivity contribution in [3.8, 4) is 0 Å². The summed E-state index contributed by atoms with van der Waals surface area (Å²) >= 11 is 0. The van der Waals surface area contributed by atoms with Crippen LogP contribution in [0.2, 0.25) is 0 Å². The van der Waals surface area contributed by atoms with Crippen LogP contribution in [-0.4, -0.2) is 51.9 Å². The van der Waals surface area contributed by atoms with E-state index >= 15 is 0 Å². The van der Waals surface area contributed by atoms with Crippen LogP contribution in [0, 0.1) is 20.8 Å². The molecule has 2 aromatic carbocycles. The molecule has 0 unspecified atom stereocenters. The number of carbonyl (C=O) groups excluding carboxylic acids is 1. The molecule has 1 heterocycles. The molecule has 0 aliphatic carbocycles. The van der Waals surface area contributed by atoms with Crippen LogP contribution in [0.5, 0.6) is 0 Å². The van der Waals surface area contributed by atoms with Crippen molar-refractivity contribution in [3.63, 3.8) is 0 Å². The standard InChI is InChI=1S/C26H37N3O3S/c1-21-10-13-24(14-11-21)33(31,32)29(25-19-22(2)9-12-23(25)3)20-26(30)27-15-8-18-28-16-6-4-5-7-17-28/h9-14,19H,4-8,15-18,20H2,1-3H3,(H,27,30). The molecular formula is C26H37N3O3S. The third-order valence-electron chi connectivity index (χ3n) is 6.20. The minimum Gasteiger partial charge on any atom is -0.354 e. The summed E-state index contributed by atoms with van der Waals surface area (Å²) in [5.41, 5.74) is 3.27. The second kappa shape index (κ2) is 11.7. The van der Waals surface area contributed by atoms with Crippen LogP contribution in [0.1, 0.15) is 48.8 Å². The molecule has 1 aliphatic rings. The van der Waals surface area contributed by atoms with E-state index in [1.165, 1.54) is 30.0 Å². The molecule has 1 fully saturated rings. The van der Waals surface area contributed by atoms with Gasteiger partial charge in [0.15, 0.2) is 0 Å². The number of sulfonamides is 1. The van der Waals surface area contributed by atoms with Gasteiger partial charge in [-0.25, -0.2) is 8.42 Å². The molecule has 1 N–H and O–H groups in total. The van der Waals surface area contributed by atoms with Crippen molar-refractivity contribution in [3.05, 3.63) is 59.2 Å². The fourth-order valence-corrected chi connectivity index (χ4v) is 5.68. The highest BCUT2D eigenvalue weighted by molar-refractivity contribution is 7.92. The van der Waals surface area contributed by atoms with E-state index in [1.54, 1.807) is 24.3 Å². The molecule has 0 bridgehead atoms. The second-order valence-electron chi connectivity index (χ2n) is 9.07. The van der Waals surface area contributed by atoms with Gasteiger partial charge in [-0.1, -0.05) is 42.7 Å². The maximum Gasteiger partial charge on any atom is 0.264 e. The summed E-state index contributed by atoms with van der Waals surface area (Å²) in [5, 5.41) is 2.93. The van der Waals surface area contributed by atoms with E-state index in [-0.39, 0.29) is 17.3 Å². The molecule has 1 saturated heterocycles. The van der Waals surface area contributed by atoms with Crippen molar-refractivity contribution in [2.75, 3.05) is 37.0 Å². The second-order valence-corrected chi connectivity index (χ2v) is 10.9. The van der Waals surface area contributed by atoms with Gasteiger partial charge in [-0.15, -0.1) is 0 Å². The van der Waals surface area contributed by atoms with Gasteiger partial charge in [-0.05, 0) is 89.0 Å². The van der Waals surface area contributed by atoms with Gasteiger partial charge in [0.2, 0.25) is 5.91 Å². The molecule has 1 aliphatic heterocycles. The van der Waals surface area contributed by atoms with Crippen LogP contribution in [-0.2, 0) is 14.8 Å². The first-order valence-corrected chi connectivity index (χ1v) is 13.4.